The fourth-order valence-electron chi connectivity index (χ4n) is 1.26. The first-order valence-corrected chi connectivity index (χ1v) is 7.21. The van der Waals surface area contributed by atoms with Gasteiger partial charge in [0.2, 0.25) is 5.89 Å². The lowest BCUT2D eigenvalue weighted by Crippen LogP contribution is -2.11. The molecule has 0 aliphatic carbocycles. The van der Waals surface area contributed by atoms with E-state index in [4.69, 9.17) is 4.42 Å². The molecule has 0 saturated carbocycles. The fourth-order valence-corrected chi connectivity index (χ4v) is 4.07. The van der Waals surface area contributed by atoms with Crippen molar-refractivity contribution in [2.24, 2.45) is 0 Å². The van der Waals surface area contributed by atoms with Crippen molar-refractivity contribution in [2.75, 3.05) is 6.54 Å². The second-order valence-electron chi connectivity index (χ2n) is 3.14. The molecule has 0 unspecified atom stereocenters. The second-order valence-corrected chi connectivity index (χ2v) is 6.89. The number of hydrogen-bond donors (Lipinski definition) is 1. The van der Waals surface area contributed by atoms with E-state index in [1.165, 1.54) is 0 Å². The molecule has 0 radical (unpaired) electrons. The number of halogens is 2. The number of oxazole rings is 1. The molecule has 0 aliphatic rings. The van der Waals surface area contributed by atoms with Gasteiger partial charge in [0.1, 0.15) is 0 Å². The van der Waals surface area contributed by atoms with Crippen molar-refractivity contribution in [1.82, 2.24) is 10.3 Å². The molecule has 0 aromatic carbocycles. The molecule has 0 aliphatic heterocycles. The van der Waals surface area contributed by atoms with Crippen molar-refractivity contribution in [3.8, 4) is 11.3 Å². The predicted molar refractivity (Wildman–Crippen MR) is 72.6 cm³/mol. The normalized spacial score (nSPS) is 10.9. The van der Waals surface area contributed by atoms with E-state index in [0.717, 1.165) is 25.4 Å². The van der Waals surface area contributed by atoms with E-state index in [9.17, 15) is 0 Å². The summed E-state index contributed by atoms with van der Waals surface area (Å²) in [4.78, 5) is 4.22. The molecular weight excluding hydrogens is 356 g/mol. The number of hydrogen-bond acceptors (Lipinski definition) is 4. The first-order valence-electron chi connectivity index (χ1n) is 4.81. The van der Waals surface area contributed by atoms with Crippen LogP contribution in [0.2, 0.25) is 0 Å². The molecule has 3 nitrogen and oxygen atoms in total. The topological polar surface area (TPSA) is 38.1 Å². The van der Waals surface area contributed by atoms with Crippen LogP contribution in [0.1, 0.15) is 12.8 Å². The van der Waals surface area contributed by atoms with E-state index >= 15 is 0 Å². The van der Waals surface area contributed by atoms with E-state index in [1.54, 1.807) is 17.5 Å². The van der Waals surface area contributed by atoms with Gasteiger partial charge in [0, 0.05) is 5.56 Å². The molecule has 2 aromatic heterocycles. The minimum atomic E-state index is 0.666. The Morgan fingerprint density at radius 2 is 2.31 bits per heavy atom. The quantitative estimate of drug-likeness (QED) is 0.888. The van der Waals surface area contributed by atoms with Crippen LogP contribution in [0.5, 0.6) is 0 Å². The molecule has 2 rings (SSSR count). The highest BCUT2D eigenvalue weighted by molar-refractivity contribution is 9.12. The van der Waals surface area contributed by atoms with E-state index in [-0.39, 0.29) is 0 Å². The summed E-state index contributed by atoms with van der Waals surface area (Å²) in [7, 11) is 0. The minimum Gasteiger partial charge on any atom is -0.439 e. The highest BCUT2D eigenvalue weighted by Crippen LogP contribution is 2.38. The molecule has 0 fully saturated rings. The third-order valence-electron chi connectivity index (χ3n) is 2.00. The Kier molecular flexibility index (Phi) is 4.18. The number of rotatable bonds is 4. The predicted octanol–water partition coefficient (Wildman–Crippen LogP) is 4.04. The van der Waals surface area contributed by atoms with Crippen LogP contribution in [-0.2, 0) is 6.54 Å². The van der Waals surface area contributed by atoms with E-state index < -0.39 is 0 Å². The molecule has 0 spiro atoms. The van der Waals surface area contributed by atoms with Crippen molar-refractivity contribution >= 4 is 43.2 Å². The zero-order valence-electron chi connectivity index (χ0n) is 8.59. The monoisotopic (exact) mass is 364 g/mol. The minimum absolute atomic E-state index is 0.666. The van der Waals surface area contributed by atoms with Crippen molar-refractivity contribution in [1.29, 1.82) is 0 Å². The standard InChI is InChI=1S/C10H10Br2N2OS/c1-2-13-5-9-14-4-7(15-9)6-3-8(11)16-10(6)12/h3-4,13H,2,5H2,1H3. The van der Waals surface area contributed by atoms with Crippen LogP contribution in [0.25, 0.3) is 11.3 Å². The van der Waals surface area contributed by atoms with Crippen LogP contribution in [0.15, 0.2) is 24.3 Å². The summed E-state index contributed by atoms with van der Waals surface area (Å²) < 4.78 is 7.76. The molecule has 0 bridgehead atoms. The lowest BCUT2D eigenvalue weighted by atomic mass is 10.3. The highest BCUT2D eigenvalue weighted by Gasteiger charge is 2.12. The van der Waals surface area contributed by atoms with Crippen molar-refractivity contribution in [3.63, 3.8) is 0 Å². The van der Waals surface area contributed by atoms with Crippen LogP contribution in [0.4, 0.5) is 0 Å². The van der Waals surface area contributed by atoms with Crippen molar-refractivity contribution < 1.29 is 4.42 Å². The lowest BCUT2D eigenvalue weighted by Gasteiger charge is -1.95. The van der Waals surface area contributed by atoms with Gasteiger partial charge in [0.05, 0.1) is 20.3 Å². The Labute approximate surface area is 115 Å². The number of nitrogens with zero attached hydrogens (tertiary/aromatic N) is 1. The van der Waals surface area contributed by atoms with Crippen LogP contribution in [-0.4, -0.2) is 11.5 Å². The van der Waals surface area contributed by atoms with Gasteiger partial charge in [0.15, 0.2) is 5.76 Å². The fraction of sp³-hybridized carbons (Fsp3) is 0.300. The third-order valence-corrected chi connectivity index (χ3v) is 4.34. The van der Waals surface area contributed by atoms with Gasteiger partial charge in [-0.2, -0.15) is 0 Å². The van der Waals surface area contributed by atoms with Gasteiger partial charge in [-0.05, 0) is 44.5 Å². The molecule has 0 saturated heterocycles. The summed E-state index contributed by atoms with van der Waals surface area (Å²) in [6.45, 7) is 3.63. The second kappa shape index (κ2) is 5.44. The maximum absolute atomic E-state index is 5.65. The molecule has 0 atom stereocenters. The molecule has 86 valence electrons. The van der Waals surface area contributed by atoms with Crippen molar-refractivity contribution in [3.05, 3.63) is 25.7 Å². The Bertz CT molecular complexity index is 481. The van der Waals surface area contributed by atoms with Crippen molar-refractivity contribution in [2.45, 2.75) is 13.5 Å². The summed E-state index contributed by atoms with van der Waals surface area (Å²) in [6.07, 6.45) is 1.76. The van der Waals surface area contributed by atoms with Crippen LogP contribution < -0.4 is 5.32 Å². The van der Waals surface area contributed by atoms with Crippen LogP contribution in [0.3, 0.4) is 0 Å². The van der Waals surface area contributed by atoms with Gasteiger partial charge in [-0.3, -0.25) is 0 Å². The molecule has 2 aromatic rings. The molecule has 1 N–H and O–H groups in total. The highest BCUT2D eigenvalue weighted by atomic mass is 79.9. The average molecular weight is 366 g/mol. The van der Waals surface area contributed by atoms with E-state index in [0.29, 0.717) is 12.4 Å². The summed E-state index contributed by atoms with van der Waals surface area (Å²) in [5.41, 5.74) is 1.03. The smallest absolute Gasteiger partial charge is 0.208 e. The van der Waals surface area contributed by atoms with Gasteiger partial charge in [0.25, 0.3) is 0 Å². The summed E-state index contributed by atoms with van der Waals surface area (Å²) >= 11 is 8.57. The zero-order chi connectivity index (χ0) is 11.5. The maximum atomic E-state index is 5.65. The van der Waals surface area contributed by atoms with Crippen LogP contribution in [0, 0.1) is 0 Å². The summed E-state index contributed by atoms with van der Waals surface area (Å²) in [6, 6.07) is 2.02. The molecule has 6 heteroatoms. The number of aromatic nitrogens is 1. The third kappa shape index (κ3) is 2.74. The maximum Gasteiger partial charge on any atom is 0.208 e. The Hall–Kier alpha value is -0.170. The first-order chi connectivity index (χ1) is 7.70. The number of thiophene rings is 1. The molecule has 2 heterocycles. The lowest BCUT2D eigenvalue weighted by molar-refractivity contribution is 0.482. The van der Waals surface area contributed by atoms with Gasteiger partial charge >= 0.3 is 0 Å². The zero-order valence-corrected chi connectivity index (χ0v) is 12.6. The van der Waals surface area contributed by atoms with E-state index in [1.807, 2.05) is 6.07 Å². The Morgan fingerprint density at radius 1 is 1.50 bits per heavy atom. The number of nitrogens with one attached hydrogen (secondary N) is 1. The average Bonchev–Trinajstić information content (AvgIpc) is 2.82. The van der Waals surface area contributed by atoms with Gasteiger partial charge in [-0.1, -0.05) is 6.92 Å². The molecular formula is C10H10Br2N2OS. The molecule has 16 heavy (non-hydrogen) atoms. The van der Waals surface area contributed by atoms with Gasteiger partial charge < -0.3 is 9.73 Å². The first kappa shape index (κ1) is 12.3. The Morgan fingerprint density at radius 3 is 2.94 bits per heavy atom. The van der Waals surface area contributed by atoms with E-state index in [2.05, 4.69) is 49.1 Å². The van der Waals surface area contributed by atoms with Crippen LogP contribution >= 0.6 is 43.2 Å². The molecule has 0 amide bonds. The van der Waals surface area contributed by atoms with Gasteiger partial charge in [-0.25, -0.2) is 4.98 Å². The summed E-state index contributed by atoms with van der Waals surface area (Å²) in [5, 5.41) is 3.17. The Balaban J connectivity index is 2.21. The largest absolute Gasteiger partial charge is 0.439 e. The van der Waals surface area contributed by atoms with Gasteiger partial charge in [-0.15, -0.1) is 11.3 Å². The summed E-state index contributed by atoms with van der Waals surface area (Å²) in [5.74, 6) is 1.51. The SMILES string of the molecule is CCNCc1ncc(-c2cc(Br)sc2Br)o1.